The van der Waals surface area contributed by atoms with E-state index in [1.165, 1.54) is 5.56 Å². The van der Waals surface area contributed by atoms with E-state index < -0.39 is 0 Å². The summed E-state index contributed by atoms with van der Waals surface area (Å²) >= 11 is 0. The number of hydrogen-bond donors (Lipinski definition) is 1. The van der Waals surface area contributed by atoms with Gasteiger partial charge in [0.05, 0.1) is 12.5 Å². The molecule has 1 aliphatic rings. The van der Waals surface area contributed by atoms with Crippen LogP contribution in [0.25, 0.3) is 0 Å². The number of piperidine rings is 1. The van der Waals surface area contributed by atoms with Gasteiger partial charge in [0, 0.05) is 25.8 Å². The van der Waals surface area contributed by atoms with Crippen LogP contribution in [-0.2, 0) is 16.1 Å². The van der Waals surface area contributed by atoms with Crippen LogP contribution in [-0.4, -0.2) is 48.3 Å². The molecule has 0 aromatic heterocycles. The topological polar surface area (TPSA) is 52.7 Å². The fourth-order valence-corrected chi connectivity index (χ4v) is 3.55. The van der Waals surface area contributed by atoms with Crippen molar-refractivity contribution in [3.63, 3.8) is 0 Å². The van der Waals surface area contributed by atoms with Gasteiger partial charge in [0.25, 0.3) is 0 Å². The van der Waals surface area contributed by atoms with Crippen LogP contribution < -0.4 is 5.32 Å². The first kappa shape index (κ1) is 20.1. The number of para-hydroxylation sites is 1. The Labute approximate surface area is 167 Å². The Hall–Kier alpha value is -2.66. The summed E-state index contributed by atoms with van der Waals surface area (Å²) in [6, 6.07) is 17.8. The fourth-order valence-electron chi connectivity index (χ4n) is 3.55. The zero-order valence-corrected chi connectivity index (χ0v) is 16.7. The normalized spacial score (nSPS) is 17.1. The van der Waals surface area contributed by atoms with Crippen LogP contribution in [0.1, 0.15) is 24.0 Å². The highest BCUT2D eigenvalue weighted by molar-refractivity contribution is 5.92. The molecule has 3 rings (SSSR count). The molecule has 1 aliphatic heterocycles. The largest absolute Gasteiger partial charge is 0.340 e. The van der Waals surface area contributed by atoms with Crippen molar-refractivity contribution in [3.05, 3.63) is 65.7 Å². The molecule has 2 amide bonds. The highest BCUT2D eigenvalue weighted by Crippen LogP contribution is 2.19. The summed E-state index contributed by atoms with van der Waals surface area (Å²) in [5.41, 5.74) is 3.16. The van der Waals surface area contributed by atoms with Gasteiger partial charge in [-0.05, 0) is 44.0 Å². The molecule has 0 aliphatic carbocycles. The van der Waals surface area contributed by atoms with Gasteiger partial charge in [-0.2, -0.15) is 0 Å². The molecule has 0 spiro atoms. The van der Waals surface area contributed by atoms with Crippen LogP contribution in [0.2, 0.25) is 0 Å². The summed E-state index contributed by atoms with van der Waals surface area (Å²) in [6.07, 6.45) is 1.80. The molecule has 5 heteroatoms. The third-order valence-corrected chi connectivity index (χ3v) is 5.24. The van der Waals surface area contributed by atoms with Crippen molar-refractivity contribution in [1.82, 2.24) is 9.80 Å². The van der Waals surface area contributed by atoms with Crippen LogP contribution in [0.5, 0.6) is 0 Å². The van der Waals surface area contributed by atoms with Gasteiger partial charge in [-0.25, -0.2) is 0 Å². The molecule has 1 heterocycles. The number of amides is 2. The average Bonchev–Trinajstić information content (AvgIpc) is 2.70. The van der Waals surface area contributed by atoms with Crippen molar-refractivity contribution >= 4 is 17.5 Å². The minimum Gasteiger partial charge on any atom is -0.340 e. The van der Waals surface area contributed by atoms with E-state index in [0.717, 1.165) is 30.6 Å². The maximum atomic E-state index is 12.6. The van der Waals surface area contributed by atoms with Crippen molar-refractivity contribution in [1.29, 1.82) is 0 Å². The number of nitrogens with one attached hydrogen (secondary N) is 1. The Bertz CT molecular complexity index is 789. The van der Waals surface area contributed by atoms with E-state index in [2.05, 4.69) is 41.4 Å². The Morgan fingerprint density at radius 1 is 1.11 bits per heavy atom. The van der Waals surface area contributed by atoms with E-state index >= 15 is 0 Å². The van der Waals surface area contributed by atoms with E-state index in [0.29, 0.717) is 19.6 Å². The fraction of sp³-hybridized carbons (Fsp3) is 0.391. The smallest absolute Gasteiger partial charge is 0.236 e. The first-order valence-electron chi connectivity index (χ1n) is 9.89. The molecule has 0 radical (unpaired) electrons. The highest BCUT2D eigenvalue weighted by atomic mass is 16.2. The molecule has 28 heavy (non-hydrogen) atoms. The van der Waals surface area contributed by atoms with Crippen molar-refractivity contribution in [2.75, 3.05) is 32.0 Å². The van der Waals surface area contributed by atoms with Gasteiger partial charge in [-0.1, -0.05) is 48.0 Å². The molecule has 2 aromatic carbocycles. The number of nitrogens with zero attached hydrogens (tertiary/aromatic N) is 2. The van der Waals surface area contributed by atoms with Crippen molar-refractivity contribution in [3.8, 4) is 0 Å². The van der Waals surface area contributed by atoms with Crippen molar-refractivity contribution in [2.24, 2.45) is 5.92 Å². The first-order valence-corrected chi connectivity index (χ1v) is 9.89. The van der Waals surface area contributed by atoms with Gasteiger partial charge in [0.15, 0.2) is 0 Å². The first-order chi connectivity index (χ1) is 13.5. The standard InChI is InChI=1S/C23H29N3O2/c1-18-10-12-19(13-11-18)15-25(2)22(27)17-26-14-6-7-20(16-26)23(28)24-21-8-4-3-5-9-21/h3-5,8-13,20H,6-7,14-17H2,1-2H3,(H,24,28)/t20-/m0/s1. The average molecular weight is 380 g/mol. The van der Waals surface area contributed by atoms with Gasteiger partial charge < -0.3 is 10.2 Å². The predicted molar refractivity (Wildman–Crippen MR) is 112 cm³/mol. The lowest BCUT2D eigenvalue weighted by atomic mass is 9.97. The molecule has 1 N–H and O–H groups in total. The monoisotopic (exact) mass is 379 g/mol. The lowest BCUT2D eigenvalue weighted by Gasteiger charge is -2.32. The third kappa shape index (κ3) is 5.67. The molecular formula is C23H29N3O2. The van der Waals surface area contributed by atoms with Gasteiger partial charge in [0.2, 0.25) is 11.8 Å². The number of hydrogen-bond acceptors (Lipinski definition) is 3. The third-order valence-electron chi connectivity index (χ3n) is 5.24. The van der Waals surface area contributed by atoms with E-state index in [9.17, 15) is 9.59 Å². The summed E-state index contributed by atoms with van der Waals surface area (Å²) in [5.74, 6) is 0.0465. The zero-order chi connectivity index (χ0) is 19.9. The van der Waals surface area contributed by atoms with E-state index in [1.54, 1.807) is 4.90 Å². The number of aryl methyl sites for hydroxylation is 1. The second-order valence-electron chi connectivity index (χ2n) is 7.66. The van der Waals surface area contributed by atoms with E-state index in [-0.39, 0.29) is 17.7 Å². The summed E-state index contributed by atoms with van der Waals surface area (Å²) in [6.45, 7) is 4.50. The maximum absolute atomic E-state index is 12.6. The predicted octanol–water partition coefficient (Wildman–Crippen LogP) is 3.30. The quantitative estimate of drug-likeness (QED) is 0.838. The maximum Gasteiger partial charge on any atom is 0.236 e. The molecular weight excluding hydrogens is 350 g/mol. The molecule has 5 nitrogen and oxygen atoms in total. The molecule has 1 fully saturated rings. The second-order valence-corrected chi connectivity index (χ2v) is 7.66. The molecule has 1 atom stereocenters. The second kappa shape index (κ2) is 9.51. The summed E-state index contributed by atoms with van der Waals surface area (Å²) < 4.78 is 0. The van der Waals surface area contributed by atoms with Gasteiger partial charge >= 0.3 is 0 Å². The van der Waals surface area contributed by atoms with Gasteiger partial charge in [-0.15, -0.1) is 0 Å². The Balaban J connectivity index is 1.50. The molecule has 0 bridgehead atoms. The molecule has 1 saturated heterocycles. The van der Waals surface area contributed by atoms with Crippen LogP contribution >= 0.6 is 0 Å². The van der Waals surface area contributed by atoms with Crippen molar-refractivity contribution < 1.29 is 9.59 Å². The van der Waals surface area contributed by atoms with Crippen LogP contribution in [0.15, 0.2) is 54.6 Å². The number of likely N-dealkylation sites (tertiary alicyclic amines) is 1. The number of likely N-dealkylation sites (N-methyl/N-ethyl adjacent to an activating group) is 1. The summed E-state index contributed by atoms with van der Waals surface area (Å²) in [5, 5.41) is 2.98. The van der Waals surface area contributed by atoms with Crippen LogP contribution in [0, 0.1) is 12.8 Å². The summed E-state index contributed by atoms with van der Waals surface area (Å²) in [7, 11) is 1.84. The van der Waals surface area contributed by atoms with E-state index in [4.69, 9.17) is 0 Å². The number of anilines is 1. The highest BCUT2D eigenvalue weighted by Gasteiger charge is 2.27. The van der Waals surface area contributed by atoms with Crippen molar-refractivity contribution in [2.45, 2.75) is 26.3 Å². The molecule has 2 aromatic rings. The number of rotatable bonds is 6. The molecule has 0 saturated carbocycles. The summed E-state index contributed by atoms with van der Waals surface area (Å²) in [4.78, 5) is 29.1. The Morgan fingerprint density at radius 3 is 2.54 bits per heavy atom. The lowest BCUT2D eigenvalue weighted by Crippen LogP contribution is -2.45. The van der Waals surface area contributed by atoms with Gasteiger partial charge in [-0.3, -0.25) is 14.5 Å². The molecule has 0 unspecified atom stereocenters. The Morgan fingerprint density at radius 2 is 1.82 bits per heavy atom. The zero-order valence-electron chi connectivity index (χ0n) is 16.7. The number of benzene rings is 2. The minimum atomic E-state index is -0.0795. The lowest BCUT2D eigenvalue weighted by molar-refractivity contribution is -0.133. The van der Waals surface area contributed by atoms with Crippen LogP contribution in [0.3, 0.4) is 0 Å². The van der Waals surface area contributed by atoms with Gasteiger partial charge in [0.1, 0.15) is 0 Å². The SMILES string of the molecule is Cc1ccc(CN(C)C(=O)CN2CCC[C@H](C(=O)Nc3ccccc3)C2)cc1. The van der Waals surface area contributed by atoms with Crippen LogP contribution in [0.4, 0.5) is 5.69 Å². The van der Waals surface area contributed by atoms with E-state index in [1.807, 2.05) is 37.4 Å². The minimum absolute atomic E-state index is 0.0383. The number of carbonyl (C=O) groups is 2. The molecule has 148 valence electrons. The number of carbonyl (C=O) groups excluding carboxylic acids is 2. The Kier molecular flexibility index (Phi) is 6.82.